The summed E-state index contributed by atoms with van der Waals surface area (Å²) in [6.07, 6.45) is 1.09. The van der Waals surface area contributed by atoms with Crippen molar-refractivity contribution in [1.29, 1.82) is 0 Å². The van der Waals surface area contributed by atoms with E-state index in [1.807, 2.05) is 0 Å². The number of nitrogen functional groups attached to an aromatic ring is 1. The third-order valence-electron chi connectivity index (χ3n) is 2.56. The zero-order chi connectivity index (χ0) is 15.8. The minimum absolute atomic E-state index is 0.0943. The first-order chi connectivity index (χ1) is 9.72. The van der Waals surface area contributed by atoms with Gasteiger partial charge in [-0.1, -0.05) is 23.2 Å². The average Bonchev–Trinajstić information content (AvgIpc) is 2.40. The van der Waals surface area contributed by atoms with Crippen molar-refractivity contribution in [3.8, 4) is 0 Å². The van der Waals surface area contributed by atoms with Gasteiger partial charge in [0, 0.05) is 0 Å². The van der Waals surface area contributed by atoms with Crippen LogP contribution in [-0.4, -0.2) is 18.4 Å². The quantitative estimate of drug-likeness (QED) is 0.654. The van der Waals surface area contributed by atoms with Gasteiger partial charge in [-0.05, 0) is 24.6 Å². The largest absolute Gasteiger partial charge is 0.396 e. The highest BCUT2D eigenvalue weighted by Gasteiger charge is 2.21. The normalized spacial score (nSPS) is 11.4. The molecule has 0 aliphatic rings. The van der Waals surface area contributed by atoms with Crippen LogP contribution in [0.2, 0.25) is 10.3 Å². The zero-order valence-corrected chi connectivity index (χ0v) is 12.9. The molecule has 1 aromatic heterocycles. The standard InChI is InChI=1S/C11H9Cl2FN4O2S/c1-5-2-6(3-7(15)8(5)14)21(19,20)18-9-10(12)16-4-17-11(9)13/h2-4,18H,15H2,1H3. The monoisotopic (exact) mass is 350 g/mol. The topological polar surface area (TPSA) is 98.0 Å². The lowest BCUT2D eigenvalue weighted by Gasteiger charge is -2.11. The molecule has 0 unspecified atom stereocenters. The first-order valence-electron chi connectivity index (χ1n) is 5.47. The second-order valence-electron chi connectivity index (χ2n) is 4.08. The number of aryl methyl sites for hydroxylation is 1. The molecule has 2 rings (SSSR count). The van der Waals surface area contributed by atoms with Crippen LogP contribution >= 0.6 is 23.2 Å². The highest BCUT2D eigenvalue weighted by atomic mass is 35.5. The number of halogens is 3. The Morgan fingerprint density at radius 1 is 1.24 bits per heavy atom. The van der Waals surface area contributed by atoms with E-state index in [4.69, 9.17) is 28.9 Å². The van der Waals surface area contributed by atoms with E-state index in [9.17, 15) is 12.8 Å². The molecule has 21 heavy (non-hydrogen) atoms. The summed E-state index contributed by atoms with van der Waals surface area (Å²) < 4.78 is 40.1. The summed E-state index contributed by atoms with van der Waals surface area (Å²) >= 11 is 11.5. The van der Waals surface area contributed by atoms with Gasteiger partial charge in [0.1, 0.15) is 17.8 Å². The first kappa shape index (κ1) is 15.7. The number of sulfonamides is 1. The van der Waals surface area contributed by atoms with Crippen LogP contribution in [0.1, 0.15) is 5.56 Å². The first-order valence-corrected chi connectivity index (χ1v) is 7.70. The van der Waals surface area contributed by atoms with E-state index in [-0.39, 0.29) is 32.1 Å². The molecule has 0 radical (unpaired) electrons. The number of benzene rings is 1. The van der Waals surface area contributed by atoms with E-state index in [1.54, 1.807) is 0 Å². The molecule has 0 aliphatic heterocycles. The van der Waals surface area contributed by atoms with Crippen LogP contribution in [-0.2, 0) is 10.0 Å². The molecule has 0 amide bonds. The molecule has 0 spiro atoms. The minimum atomic E-state index is -4.07. The third kappa shape index (κ3) is 3.17. The van der Waals surface area contributed by atoms with E-state index in [2.05, 4.69) is 14.7 Å². The Bertz CT molecular complexity index is 771. The summed E-state index contributed by atoms with van der Waals surface area (Å²) in [5.74, 6) is -0.673. The van der Waals surface area contributed by atoms with Crippen molar-refractivity contribution in [2.24, 2.45) is 0 Å². The van der Waals surface area contributed by atoms with Gasteiger partial charge < -0.3 is 5.73 Å². The molecular formula is C11H9Cl2FN4O2S. The van der Waals surface area contributed by atoms with Crippen molar-refractivity contribution in [2.75, 3.05) is 10.5 Å². The lowest BCUT2D eigenvalue weighted by atomic mass is 10.2. The maximum atomic E-state index is 13.5. The van der Waals surface area contributed by atoms with Gasteiger partial charge in [0.15, 0.2) is 10.3 Å². The highest BCUT2D eigenvalue weighted by Crippen LogP contribution is 2.29. The van der Waals surface area contributed by atoms with E-state index >= 15 is 0 Å². The molecule has 6 nitrogen and oxygen atoms in total. The molecule has 2 aromatic rings. The van der Waals surface area contributed by atoms with E-state index < -0.39 is 15.8 Å². The minimum Gasteiger partial charge on any atom is -0.396 e. The van der Waals surface area contributed by atoms with Crippen molar-refractivity contribution in [1.82, 2.24) is 9.97 Å². The zero-order valence-electron chi connectivity index (χ0n) is 10.6. The van der Waals surface area contributed by atoms with Crippen LogP contribution < -0.4 is 10.5 Å². The lowest BCUT2D eigenvalue weighted by molar-refractivity contribution is 0.599. The van der Waals surface area contributed by atoms with Gasteiger partial charge in [-0.3, -0.25) is 4.72 Å². The Labute approximate surface area is 130 Å². The molecule has 1 heterocycles. The second-order valence-corrected chi connectivity index (χ2v) is 6.48. The van der Waals surface area contributed by atoms with Crippen molar-refractivity contribution in [3.05, 3.63) is 40.1 Å². The Balaban J connectivity index is 2.49. The van der Waals surface area contributed by atoms with Crippen molar-refractivity contribution >= 4 is 44.6 Å². The van der Waals surface area contributed by atoms with Crippen LogP contribution in [0.3, 0.4) is 0 Å². The fourth-order valence-electron chi connectivity index (χ4n) is 1.54. The smallest absolute Gasteiger partial charge is 0.262 e. The molecule has 3 N–H and O–H groups in total. The van der Waals surface area contributed by atoms with E-state index in [0.29, 0.717) is 0 Å². The van der Waals surface area contributed by atoms with Gasteiger partial charge in [0.2, 0.25) is 0 Å². The number of nitrogens with one attached hydrogen (secondary N) is 1. The molecule has 0 atom stereocenters. The Morgan fingerprint density at radius 3 is 2.33 bits per heavy atom. The Morgan fingerprint density at radius 2 is 1.81 bits per heavy atom. The van der Waals surface area contributed by atoms with Crippen LogP contribution in [0.4, 0.5) is 15.8 Å². The Kier molecular flexibility index (Phi) is 4.22. The maximum Gasteiger partial charge on any atom is 0.262 e. The summed E-state index contributed by atoms with van der Waals surface area (Å²) in [4.78, 5) is 7.02. The van der Waals surface area contributed by atoms with Crippen LogP contribution in [0.25, 0.3) is 0 Å². The van der Waals surface area contributed by atoms with Gasteiger partial charge in [0.25, 0.3) is 10.0 Å². The second kappa shape index (κ2) is 5.63. The fourth-order valence-corrected chi connectivity index (χ4v) is 3.26. The van der Waals surface area contributed by atoms with Gasteiger partial charge in [-0.25, -0.2) is 22.8 Å². The summed E-state index contributed by atoms with van der Waals surface area (Å²) in [7, 11) is -4.07. The summed E-state index contributed by atoms with van der Waals surface area (Å²) in [6.45, 7) is 1.40. The number of anilines is 2. The summed E-state index contributed by atoms with van der Waals surface area (Å²) in [5.41, 5.74) is 5.08. The number of aromatic nitrogens is 2. The highest BCUT2D eigenvalue weighted by molar-refractivity contribution is 7.92. The molecule has 112 valence electrons. The summed E-state index contributed by atoms with van der Waals surface area (Å²) in [6, 6.07) is 2.13. The molecule has 0 saturated carbocycles. The predicted octanol–water partition coefficient (Wildman–Crippen LogP) is 2.61. The number of rotatable bonds is 3. The number of nitrogens with two attached hydrogens (primary N) is 1. The molecule has 0 saturated heterocycles. The van der Waals surface area contributed by atoms with E-state index in [0.717, 1.165) is 18.5 Å². The predicted molar refractivity (Wildman–Crippen MR) is 78.4 cm³/mol. The number of hydrogen-bond donors (Lipinski definition) is 2. The van der Waals surface area contributed by atoms with E-state index in [1.165, 1.54) is 6.92 Å². The molecular weight excluding hydrogens is 342 g/mol. The molecule has 0 aliphatic carbocycles. The third-order valence-corrected chi connectivity index (χ3v) is 4.46. The van der Waals surface area contributed by atoms with Crippen molar-refractivity contribution in [3.63, 3.8) is 0 Å². The van der Waals surface area contributed by atoms with Gasteiger partial charge in [0.05, 0.1) is 10.6 Å². The van der Waals surface area contributed by atoms with Crippen LogP contribution in [0.15, 0.2) is 23.4 Å². The van der Waals surface area contributed by atoms with Gasteiger partial charge in [-0.15, -0.1) is 0 Å². The van der Waals surface area contributed by atoms with Crippen LogP contribution in [0.5, 0.6) is 0 Å². The molecule has 0 fully saturated rings. The van der Waals surface area contributed by atoms with Gasteiger partial charge in [-0.2, -0.15) is 0 Å². The van der Waals surface area contributed by atoms with Crippen molar-refractivity contribution in [2.45, 2.75) is 11.8 Å². The molecule has 10 heteroatoms. The number of hydrogen-bond acceptors (Lipinski definition) is 5. The SMILES string of the molecule is Cc1cc(S(=O)(=O)Nc2c(Cl)ncnc2Cl)cc(N)c1F. The average molecular weight is 351 g/mol. The molecule has 0 bridgehead atoms. The van der Waals surface area contributed by atoms with Gasteiger partial charge >= 0.3 is 0 Å². The number of nitrogens with zero attached hydrogens (tertiary/aromatic N) is 2. The molecule has 1 aromatic carbocycles. The van der Waals surface area contributed by atoms with Crippen molar-refractivity contribution < 1.29 is 12.8 Å². The fraction of sp³-hybridized carbons (Fsp3) is 0.0909. The summed E-state index contributed by atoms with van der Waals surface area (Å²) in [5, 5.41) is -0.323. The van der Waals surface area contributed by atoms with Crippen LogP contribution in [0, 0.1) is 12.7 Å². The lowest BCUT2D eigenvalue weighted by Crippen LogP contribution is -2.15. The maximum absolute atomic E-state index is 13.5. The Hall–Kier alpha value is -1.64.